The first-order chi connectivity index (χ1) is 9.52. The van der Waals surface area contributed by atoms with Crippen LogP contribution in [0.3, 0.4) is 0 Å². The first-order valence-corrected chi connectivity index (χ1v) is 7.18. The molecule has 0 aromatic heterocycles. The third-order valence-electron chi connectivity index (χ3n) is 2.78. The molecule has 3 nitrogen and oxygen atoms in total. The van der Waals surface area contributed by atoms with Gasteiger partial charge in [-0.3, -0.25) is 0 Å². The van der Waals surface area contributed by atoms with Crippen molar-refractivity contribution in [2.24, 2.45) is 0 Å². The molecule has 2 rings (SSSR count). The highest BCUT2D eigenvalue weighted by Gasteiger charge is 2.16. The van der Waals surface area contributed by atoms with E-state index < -0.39 is 6.10 Å². The molecule has 0 heterocycles. The average Bonchev–Trinajstić information content (AvgIpc) is 2.41. The Balaban J connectivity index is 2.43. The Morgan fingerprint density at radius 2 is 1.85 bits per heavy atom. The molecule has 0 saturated carbocycles. The first-order valence-electron chi connectivity index (χ1n) is 6.00. The highest BCUT2D eigenvalue weighted by molar-refractivity contribution is 9.10. The van der Waals surface area contributed by atoms with E-state index in [0.717, 1.165) is 4.47 Å². The number of rotatable bonds is 4. The average molecular weight is 358 g/mol. The highest BCUT2D eigenvalue weighted by atomic mass is 79.9. The van der Waals surface area contributed by atoms with E-state index in [9.17, 15) is 5.11 Å². The van der Waals surface area contributed by atoms with Crippen LogP contribution in [0.4, 0.5) is 0 Å². The molecule has 0 bridgehead atoms. The lowest BCUT2D eigenvalue weighted by Gasteiger charge is -2.17. The van der Waals surface area contributed by atoms with Crippen molar-refractivity contribution in [1.29, 1.82) is 0 Å². The lowest BCUT2D eigenvalue weighted by molar-refractivity contribution is 0.190. The van der Waals surface area contributed by atoms with Crippen LogP contribution < -0.4 is 9.47 Å². The Hall–Kier alpha value is -1.23. The maximum atomic E-state index is 9.91. The van der Waals surface area contributed by atoms with Gasteiger partial charge >= 0.3 is 0 Å². The van der Waals surface area contributed by atoms with E-state index >= 15 is 0 Å². The molecular formula is C15H14BrClO3. The number of halogens is 2. The molecule has 20 heavy (non-hydrogen) atoms. The molecule has 0 amide bonds. The van der Waals surface area contributed by atoms with Crippen LogP contribution in [0.25, 0.3) is 0 Å². The zero-order chi connectivity index (χ0) is 14.7. The Morgan fingerprint density at radius 1 is 1.15 bits per heavy atom. The van der Waals surface area contributed by atoms with E-state index in [2.05, 4.69) is 15.9 Å². The van der Waals surface area contributed by atoms with Crippen LogP contribution in [0.5, 0.6) is 17.2 Å². The van der Waals surface area contributed by atoms with E-state index in [1.54, 1.807) is 44.4 Å². The smallest absolute Gasteiger partial charge is 0.146 e. The van der Waals surface area contributed by atoms with E-state index in [4.69, 9.17) is 21.1 Å². The minimum absolute atomic E-state index is 0.485. The Morgan fingerprint density at radius 3 is 2.45 bits per heavy atom. The van der Waals surface area contributed by atoms with Crippen LogP contribution in [0, 0.1) is 0 Å². The van der Waals surface area contributed by atoms with Crippen LogP contribution in [0.2, 0.25) is 5.02 Å². The molecule has 2 aromatic carbocycles. The van der Waals surface area contributed by atoms with Gasteiger partial charge in [-0.2, -0.15) is 0 Å². The monoisotopic (exact) mass is 356 g/mol. The molecule has 0 radical (unpaired) electrons. The summed E-state index contributed by atoms with van der Waals surface area (Å²) in [5.41, 5.74) is 0.592. The quantitative estimate of drug-likeness (QED) is 0.841. The van der Waals surface area contributed by atoms with Crippen molar-refractivity contribution < 1.29 is 14.6 Å². The summed E-state index contributed by atoms with van der Waals surface area (Å²) in [5.74, 6) is 1.61. The number of hydrogen-bond donors (Lipinski definition) is 1. The van der Waals surface area contributed by atoms with Crippen molar-refractivity contribution in [3.05, 3.63) is 51.5 Å². The maximum Gasteiger partial charge on any atom is 0.146 e. The largest absolute Gasteiger partial charge is 0.496 e. The fourth-order valence-electron chi connectivity index (χ4n) is 1.88. The number of benzene rings is 2. The lowest BCUT2D eigenvalue weighted by Crippen LogP contribution is -2.00. The SMILES string of the molecule is COc1cccc(Oc2ccc(Br)cc2Cl)c1[C@@H](C)O. The summed E-state index contributed by atoms with van der Waals surface area (Å²) in [5, 5.41) is 10.4. The minimum atomic E-state index is -0.713. The van der Waals surface area contributed by atoms with Gasteiger partial charge in [-0.15, -0.1) is 0 Å². The molecular weight excluding hydrogens is 344 g/mol. The molecule has 0 fully saturated rings. The molecule has 0 saturated heterocycles. The fraction of sp³-hybridized carbons (Fsp3) is 0.200. The summed E-state index contributed by atoms with van der Waals surface area (Å²) in [6.07, 6.45) is -0.713. The Labute approximate surface area is 131 Å². The van der Waals surface area contributed by atoms with Crippen LogP contribution in [-0.2, 0) is 0 Å². The highest BCUT2D eigenvalue weighted by Crippen LogP contribution is 2.38. The van der Waals surface area contributed by atoms with E-state index in [1.807, 2.05) is 6.07 Å². The molecule has 0 unspecified atom stereocenters. The van der Waals surface area contributed by atoms with Gasteiger partial charge in [-0.05, 0) is 37.3 Å². The minimum Gasteiger partial charge on any atom is -0.496 e. The van der Waals surface area contributed by atoms with Crippen LogP contribution in [0.15, 0.2) is 40.9 Å². The van der Waals surface area contributed by atoms with Crippen molar-refractivity contribution in [3.8, 4) is 17.2 Å². The second-order valence-corrected chi connectivity index (χ2v) is 5.55. The number of methoxy groups -OCH3 is 1. The molecule has 0 aliphatic heterocycles. The van der Waals surface area contributed by atoms with Crippen LogP contribution in [-0.4, -0.2) is 12.2 Å². The summed E-state index contributed by atoms with van der Waals surface area (Å²) >= 11 is 9.48. The third kappa shape index (κ3) is 3.26. The van der Waals surface area contributed by atoms with Crippen molar-refractivity contribution in [2.45, 2.75) is 13.0 Å². The van der Waals surface area contributed by atoms with Gasteiger partial charge in [0.25, 0.3) is 0 Å². The predicted molar refractivity (Wildman–Crippen MR) is 82.9 cm³/mol. The van der Waals surface area contributed by atoms with Crippen LogP contribution >= 0.6 is 27.5 Å². The van der Waals surface area contributed by atoms with Gasteiger partial charge in [0.15, 0.2) is 0 Å². The van der Waals surface area contributed by atoms with Gasteiger partial charge in [-0.1, -0.05) is 33.6 Å². The van der Waals surface area contributed by atoms with Crippen molar-refractivity contribution >= 4 is 27.5 Å². The molecule has 2 aromatic rings. The number of hydrogen-bond acceptors (Lipinski definition) is 3. The second-order valence-electron chi connectivity index (χ2n) is 4.22. The summed E-state index contributed by atoms with van der Waals surface area (Å²) in [4.78, 5) is 0. The summed E-state index contributed by atoms with van der Waals surface area (Å²) in [7, 11) is 1.55. The summed E-state index contributed by atoms with van der Waals surface area (Å²) in [6, 6.07) is 10.7. The van der Waals surface area contributed by atoms with Gasteiger partial charge in [0.1, 0.15) is 17.2 Å². The van der Waals surface area contributed by atoms with Gasteiger partial charge in [-0.25, -0.2) is 0 Å². The van der Waals surface area contributed by atoms with E-state index in [0.29, 0.717) is 27.8 Å². The van der Waals surface area contributed by atoms with Gasteiger partial charge in [0, 0.05) is 4.47 Å². The fourth-order valence-corrected chi connectivity index (χ4v) is 2.59. The zero-order valence-corrected chi connectivity index (χ0v) is 13.4. The van der Waals surface area contributed by atoms with Crippen molar-refractivity contribution in [3.63, 3.8) is 0 Å². The topological polar surface area (TPSA) is 38.7 Å². The molecule has 0 aliphatic carbocycles. The molecule has 5 heteroatoms. The van der Waals surface area contributed by atoms with Gasteiger partial charge in [0.2, 0.25) is 0 Å². The second kappa shape index (κ2) is 6.48. The molecule has 1 atom stereocenters. The molecule has 1 N–H and O–H groups in total. The number of ether oxygens (including phenoxy) is 2. The number of aliphatic hydroxyl groups is 1. The standard InChI is InChI=1S/C15H14BrClO3/c1-9(18)15-13(19-2)4-3-5-14(15)20-12-7-6-10(16)8-11(12)17/h3-9,18H,1-2H3/t9-/m1/s1. The van der Waals surface area contributed by atoms with E-state index in [-0.39, 0.29) is 0 Å². The zero-order valence-electron chi connectivity index (χ0n) is 11.1. The van der Waals surface area contributed by atoms with Gasteiger partial charge < -0.3 is 14.6 Å². The normalized spacial score (nSPS) is 12.1. The Kier molecular flexibility index (Phi) is 4.91. The Bertz CT molecular complexity index is 614. The molecule has 0 spiro atoms. The van der Waals surface area contributed by atoms with Crippen molar-refractivity contribution in [2.75, 3.05) is 7.11 Å². The maximum absolute atomic E-state index is 9.91. The predicted octanol–water partition coefficient (Wildman–Crippen LogP) is 4.96. The number of aliphatic hydroxyl groups excluding tert-OH is 1. The van der Waals surface area contributed by atoms with Crippen molar-refractivity contribution in [1.82, 2.24) is 0 Å². The van der Waals surface area contributed by atoms with Gasteiger partial charge in [0.05, 0.1) is 23.8 Å². The first kappa shape index (κ1) is 15.2. The van der Waals surface area contributed by atoms with Crippen LogP contribution in [0.1, 0.15) is 18.6 Å². The molecule has 0 aliphatic rings. The molecule has 106 valence electrons. The summed E-state index contributed by atoms with van der Waals surface area (Å²) < 4.78 is 11.9. The lowest BCUT2D eigenvalue weighted by atomic mass is 10.1. The third-order valence-corrected chi connectivity index (χ3v) is 3.57. The van der Waals surface area contributed by atoms with E-state index in [1.165, 1.54) is 0 Å². The summed E-state index contributed by atoms with van der Waals surface area (Å²) in [6.45, 7) is 1.66.